The number of esters is 1. The van der Waals surface area contributed by atoms with Crippen LogP contribution in [0.5, 0.6) is 0 Å². The Morgan fingerprint density at radius 1 is 0.474 bits per heavy atom. The summed E-state index contributed by atoms with van der Waals surface area (Å²) in [5.74, 6) is -0.191. The van der Waals surface area contributed by atoms with E-state index in [9.17, 15) is 35.1 Å². The molecule has 1 saturated heterocycles. The van der Waals surface area contributed by atoms with Crippen molar-refractivity contribution in [3.8, 4) is 0 Å². The molecule has 7 unspecified atom stereocenters. The molecule has 0 aromatic heterocycles. The lowest BCUT2D eigenvalue weighted by Gasteiger charge is -2.40. The SMILES string of the molecule is CC/C=C/CC/C=C/CC/C=C/C(O)C(COC1OC(CO)C(O)C(O)C1O)NC(=O)CCCCCCCCCCCCCCC/C=C\CCCCCCCCCCCCCCOC(=O)CCCCCCCCCCCCC. The molecule has 6 N–H and O–H groups in total. The highest BCUT2D eigenvalue weighted by Gasteiger charge is 2.44. The van der Waals surface area contributed by atoms with Crippen LogP contribution in [0.25, 0.3) is 0 Å². The van der Waals surface area contributed by atoms with Crippen LogP contribution >= 0.6 is 0 Å². The smallest absolute Gasteiger partial charge is 0.305 e. The molecule has 1 rings (SSSR count). The van der Waals surface area contributed by atoms with Gasteiger partial charge in [-0.25, -0.2) is 0 Å². The van der Waals surface area contributed by atoms with Crippen molar-refractivity contribution < 1.29 is 49.3 Å². The number of amides is 1. The lowest BCUT2D eigenvalue weighted by molar-refractivity contribution is -0.302. The second-order valence-electron chi connectivity index (χ2n) is 22.8. The molecule has 1 heterocycles. The van der Waals surface area contributed by atoms with Crippen LogP contribution in [0.2, 0.25) is 0 Å². The fourth-order valence-corrected chi connectivity index (χ4v) is 10.2. The fraction of sp³-hybridized carbons (Fsp3) is 0.851. The Bertz CT molecular complexity index is 1430. The Labute approximate surface area is 478 Å². The molecule has 1 aliphatic heterocycles. The Kier molecular flexibility index (Phi) is 53.3. The maximum atomic E-state index is 13.0. The van der Waals surface area contributed by atoms with Crippen LogP contribution < -0.4 is 5.32 Å². The predicted molar refractivity (Wildman–Crippen MR) is 324 cm³/mol. The van der Waals surface area contributed by atoms with Gasteiger partial charge in [0.1, 0.15) is 24.4 Å². The number of hydrogen-bond donors (Lipinski definition) is 6. The zero-order valence-corrected chi connectivity index (χ0v) is 50.4. The summed E-state index contributed by atoms with van der Waals surface area (Å²) >= 11 is 0. The molecule has 456 valence electrons. The number of aliphatic hydroxyl groups excluding tert-OH is 5. The Balaban J connectivity index is 1.97. The summed E-state index contributed by atoms with van der Waals surface area (Å²) < 4.78 is 16.7. The lowest BCUT2D eigenvalue weighted by atomic mass is 9.99. The highest BCUT2D eigenvalue weighted by Crippen LogP contribution is 2.23. The van der Waals surface area contributed by atoms with Gasteiger partial charge in [0, 0.05) is 12.8 Å². The minimum atomic E-state index is -1.58. The van der Waals surface area contributed by atoms with Gasteiger partial charge >= 0.3 is 5.97 Å². The van der Waals surface area contributed by atoms with E-state index in [2.05, 4.69) is 55.6 Å². The van der Waals surface area contributed by atoms with E-state index < -0.39 is 49.5 Å². The number of allylic oxidation sites excluding steroid dienone is 7. The van der Waals surface area contributed by atoms with E-state index in [4.69, 9.17) is 14.2 Å². The zero-order chi connectivity index (χ0) is 56.6. The second kappa shape index (κ2) is 56.5. The van der Waals surface area contributed by atoms with Gasteiger partial charge in [-0.2, -0.15) is 0 Å². The number of unbranched alkanes of at least 4 members (excludes halogenated alkanes) is 37. The topological polar surface area (TPSA) is 175 Å². The van der Waals surface area contributed by atoms with Crippen molar-refractivity contribution in [2.24, 2.45) is 0 Å². The number of carbonyl (C=O) groups is 2. The van der Waals surface area contributed by atoms with E-state index in [0.29, 0.717) is 19.4 Å². The summed E-state index contributed by atoms with van der Waals surface area (Å²) in [5.41, 5.74) is 0. The van der Waals surface area contributed by atoms with Crippen molar-refractivity contribution >= 4 is 11.9 Å². The maximum Gasteiger partial charge on any atom is 0.305 e. The fourth-order valence-electron chi connectivity index (χ4n) is 10.2. The molecule has 78 heavy (non-hydrogen) atoms. The van der Waals surface area contributed by atoms with E-state index in [1.807, 2.05) is 6.08 Å². The van der Waals surface area contributed by atoms with Gasteiger partial charge in [0.05, 0.1) is 32.0 Å². The van der Waals surface area contributed by atoms with Gasteiger partial charge in [0.2, 0.25) is 5.91 Å². The third-order valence-corrected chi connectivity index (χ3v) is 15.4. The number of aliphatic hydroxyl groups is 5. The standard InChI is InChI=1S/C67H123NO10/c1-3-5-7-9-11-13-34-39-43-47-51-55-63(72)76-56-52-48-44-40-36-33-31-29-27-25-23-21-19-17-15-16-18-20-22-24-26-28-30-32-35-38-42-46-50-54-62(71)68-59(58-77-67-66(75)65(74)64(73)61(57-69)78-67)60(70)53-49-45-41-37-14-12-10-8-6-4-2/h6,8,14-15,17,37,49,53,59-61,64-67,69-70,73-75H,3-5,7,9-13,16,18-36,38-48,50-52,54-58H2,1-2H3,(H,68,71)/b8-6+,17-15-,37-14+,53-49+. The van der Waals surface area contributed by atoms with Crippen LogP contribution in [0, 0.1) is 0 Å². The van der Waals surface area contributed by atoms with Crippen LogP contribution in [0.1, 0.15) is 303 Å². The minimum Gasteiger partial charge on any atom is -0.466 e. The van der Waals surface area contributed by atoms with Crippen molar-refractivity contribution in [3.05, 3.63) is 48.6 Å². The average molecular weight is 1100 g/mol. The summed E-state index contributed by atoms with van der Waals surface area (Å²) in [6, 6.07) is -0.833. The molecule has 0 aromatic rings. The summed E-state index contributed by atoms with van der Waals surface area (Å²) in [4.78, 5) is 25.0. The normalized spacial score (nSPS) is 18.8. The average Bonchev–Trinajstić information content (AvgIpc) is 3.44. The summed E-state index contributed by atoms with van der Waals surface area (Å²) in [6.45, 7) is 4.21. The number of rotatable bonds is 57. The molecule has 0 aliphatic carbocycles. The molecule has 0 aromatic carbocycles. The van der Waals surface area contributed by atoms with Crippen LogP contribution in [0.3, 0.4) is 0 Å². The molecule has 0 spiro atoms. The third kappa shape index (κ3) is 45.3. The second-order valence-corrected chi connectivity index (χ2v) is 22.8. The van der Waals surface area contributed by atoms with Crippen molar-refractivity contribution in [2.45, 2.75) is 346 Å². The molecular weight excluding hydrogens is 979 g/mol. The van der Waals surface area contributed by atoms with Crippen molar-refractivity contribution in [1.29, 1.82) is 0 Å². The van der Waals surface area contributed by atoms with Crippen LogP contribution in [0.15, 0.2) is 48.6 Å². The molecule has 11 heteroatoms. The summed E-state index contributed by atoms with van der Waals surface area (Å²) in [5, 5.41) is 54.2. The minimum absolute atomic E-state index is 0.00676. The molecule has 1 fully saturated rings. The van der Waals surface area contributed by atoms with Gasteiger partial charge in [-0.05, 0) is 77.0 Å². The molecule has 1 amide bonds. The first-order chi connectivity index (χ1) is 38.2. The number of hydrogen-bond acceptors (Lipinski definition) is 10. The van der Waals surface area contributed by atoms with Crippen molar-refractivity contribution in [1.82, 2.24) is 5.32 Å². The molecule has 0 saturated carbocycles. The maximum absolute atomic E-state index is 13.0. The van der Waals surface area contributed by atoms with E-state index in [1.54, 1.807) is 6.08 Å². The zero-order valence-electron chi connectivity index (χ0n) is 50.4. The van der Waals surface area contributed by atoms with Crippen LogP contribution in [0.4, 0.5) is 0 Å². The first kappa shape index (κ1) is 73.6. The molecule has 0 radical (unpaired) electrons. The largest absolute Gasteiger partial charge is 0.466 e. The summed E-state index contributed by atoms with van der Waals surface area (Å²) in [6.07, 6.45) is 62.5. The van der Waals surface area contributed by atoms with Gasteiger partial charge in [-0.1, -0.05) is 262 Å². The first-order valence-corrected chi connectivity index (χ1v) is 32.9. The highest BCUT2D eigenvalue weighted by molar-refractivity contribution is 5.76. The first-order valence-electron chi connectivity index (χ1n) is 32.9. The van der Waals surface area contributed by atoms with Crippen molar-refractivity contribution in [2.75, 3.05) is 19.8 Å². The quantitative estimate of drug-likeness (QED) is 0.0195. The van der Waals surface area contributed by atoms with Gasteiger partial charge in [0.25, 0.3) is 0 Å². The third-order valence-electron chi connectivity index (χ3n) is 15.4. The Morgan fingerprint density at radius 2 is 0.872 bits per heavy atom. The van der Waals surface area contributed by atoms with Gasteiger partial charge < -0.3 is 45.1 Å². The predicted octanol–water partition coefficient (Wildman–Crippen LogP) is 16.0. The van der Waals surface area contributed by atoms with Gasteiger partial charge in [0.15, 0.2) is 6.29 Å². The lowest BCUT2D eigenvalue weighted by Crippen LogP contribution is -2.60. The van der Waals surface area contributed by atoms with E-state index in [0.717, 1.165) is 70.6 Å². The summed E-state index contributed by atoms with van der Waals surface area (Å²) in [7, 11) is 0. The molecule has 0 bridgehead atoms. The monoisotopic (exact) mass is 1100 g/mol. The number of carbonyl (C=O) groups excluding carboxylic acids is 2. The number of nitrogens with one attached hydrogen (secondary N) is 1. The molecular formula is C67H123NO10. The molecule has 11 nitrogen and oxygen atoms in total. The highest BCUT2D eigenvalue weighted by atomic mass is 16.7. The van der Waals surface area contributed by atoms with Crippen LogP contribution in [-0.4, -0.2) is 100 Å². The van der Waals surface area contributed by atoms with E-state index in [-0.39, 0.29) is 18.5 Å². The number of ether oxygens (including phenoxy) is 3. The van der Waals surface area contributed by atoms with Crippen molar-refractivity contribution in [3.63, 3.8) is 0 Å². The van der Waals surface area contributed by atoms with E-state index >= 15 is 0 Å². The van der Waals surface area contributed by atoms with Crippen LogP contribution in [-0.2, 0) is 23.8 Å². The Morgan fingerprint density at radius 3 is 1.33 bits per heavy atom. The van der Waals surface area contributed by atoms with Gasteiger partial charge in [-0.3, -0.25) is 9.59 Å². The van der Waals surface area contributed by atoms with Gasteiger partial charge in [-0.15, -0.1) is 0 Å². The van der Waals surface area contributed by atoms with E-state index in [1.165, 1.54) is 205 Å². The molecule has 7 atom stereocenters. The molecule has 1 aliphatic rings. The Hall–Kier alpha value is -2.38.